The molecule has 0 bridgehead atoms. The van der Waals surface area contributed by atoms with E-state index in [1.165, 1.54) is 22.9 Å². The number of thioether (sulfide) groups is 1. The van der Waals surface area contributed by atoms with Crippen LogP contribution in [-0.4, -0.2) is 11.1 Å². The second-order valence-electron chi connectivity index (χ2n) is 8.26. The first-order valence-corrected chi connectivity index (χ1v) is 13.1. The average Bonchev–Trinajstić information content (AvgIpc) is 3.17. The number of benzene rings is 3. The summed E-state index contributed by atoms with van der Waals surface area (Å²) in [4.78, 5) is 17.8. The Morgan fingerprint density at radius 2 is 1.91 bits per heavy atom. The topological polar surface area (TPSA) is 50.7 Å². The minimum absolute atomic E-state index is 0.153. The number of nitrogens with zero attached hydrogens (tertiary/aromatic N) is 1. The van der Waals surface area contributed by atoms with Crippen molar-refractivity contribution in [1.82, 2.24) is 5.32 Å². The summed E-state index contributed by atoms with van der Waals surface area (Å²) < 4.78 is 7.03. The maximum absolute atomic E-state index is 12.6. The molecule has 1 aliphatic rings. The molecule has 4 rings (SSSR count). The lowest BCUT2D eigenvalue weighted by atomic mass is 10.1. The van der Waals surface area contributed by atoms with Crippen LogP contribution in [0.1, 0.15) is 34.7 Å². The monoisotopic (exact) mass is 546 g/mol. The van der Waals surface area contributed by atoms with Gasteiger partial charge in [-0.1, -0.05) is 55.0 Å². The van der Waals surface area contributed by atoms with E-state index in [0.717, 1.165) is 39.0 Å². The summed E-state index contributed by atoms with van der Waals surface area (Å²) >= 11 is 5.01. The number of hydrogen-bond acceptors (Lipinski definition) is 4. The van der Waals surface area contributed by atoms with Gasteiger partial charge >= 0.3 is 0 Å². The smallest absolute Gasteiger partial charge is 0.264 e. The zero-order chi connectivity index (χ0) is 24.8. The van der Waals surface area contributed by atoms with Gasteiger partial charge in [-0.2, -0.15) is 0 Å². The summed E-state index contributed by atoms with van der Waals surface area (Å²) in [7, 11) is 0. The molecule has 35 heavy (non-hydrogen) atoms. The number of carbonyl (C=O) groups excluding carboxylic acids is 1. The second kappa shape index (κ2) is 11.6. The van der Waals surface area contributed by atoms with Crippen LogP contribution in [0.25, 0.3) is 6.08 Å². The lowest BCUT2D eigenvalue weighted by Crippen LogP contribution is -2.19. The Labute approximate surface area is 219 Å². The molecule has 1 aliphatic heterocycles. The van der Waals surface area contributed by atoms with Crippen LogP contribution >= 0.6 is 27.7 Å². The van der Waals surface area contributed by atoms with Gasteiger partial charge in [0, 0.05) is 0 Å². The molecular formula is C29H27BrN2O2S. The summed E-state index contributed by atoms with van der Waals surface area (Å²) in [5.41, 5.74) is 6.29. The molecule has 1 saturated heterocycles. The number of nitrogens with one attached hydrogen (secondary N) is 1. The number of halogens is 1. The average molecular weight is 548 g/mol. The van der Waals surface area contributed by atoms with Gasteiger partial charge in [0.05, 0.1) is 15.1 Å². The lowest BCUT2D eigenvalue weighted by molar-refractivity contribution is -0.115. The number of carbonyl (C=O) groups is 1. The highest BCUT2D eigenvalue weighted by molar-refractivity contribution is 9.10. The molecule has 4 nitrogen and oxygen atoms in total. The van der Waals surface area contributed by atoms with Crippen LogP contribution in [0.5, 0.6) is 5.75 Å². The molecule has 1 amide bonds. The lowest BCUT2D eigenvalue weighted by Gasteiger charge is -2.14. The van der Waals surface area contributed by atoms with Crippen LogP contribution in [0.15, 0.2) is 87.7 Å². The van der Waals surface area contributed by atoms with E-state index in [-0.39, 0.29) is 5.91 Å². The van der Waals surface area contributed by atoms with Crippen molar-refractivity contribution in [2.24, 2.45) is 4.99 Å². The molecule has 0 saturated carbocycles. The number of hydrogen-bond donors (Lipinski definition) is 1. The third-order valence-corrected chi connectivity index (χ3v) is 7.00. The molecule has 6 heteroatoms. The van der Waals surface area contributed by atoms with Gasteiger partial charge in [0.1, 0.15) is 12.4 Å². The predicted octanol–water partition coefficient (Wildman–Crippen LogP) is 7.52. The molecule has 1 heterocycles. The van der Waals surface area contributed by atoms with Gasteiger partial charge < -0.3 is 10.1 Å². The van der Waals surface area contributed by atoms with Crippen LogP contribution in [-0.2, 0) is 24.2 Å². The first-order chi connectivity index (χ1) is 16.9. The van der Waals surface area contributed by atoms with Crippen LogP contribution in [0, 0.1) is 6.92 Å². The second-order valence-corrected chi connectivity index (χ2v) is 10.1. The van der Waals surface area contributed by atoms with Gasteiger partial charge in [0.25, 0.3) is 5.91 Å². The van der Waals surface area contributed by atoms with Crippen molar-refractivity contribution in [3.8, 4) is 5.75 Å². The molecule has 0 aromatic heterocycles. The zero-order valence-electron chi connectivity index (χ0n) is 19.8. The van der Waals surface area contributed by atoms with Gasteiger partial charge in [-0.05, 0) is 100 Å². The Morgan fingerprint density at radius 3 is 2.63 bits per heavy atom. The molecule has 178 valence electrons. The van der Waals surface area contributed by atoms with E-state index in [1.54, 1.807) is 0 Å². The number of aryl methyl sites for hydroxylation is 2. The van der Waals surface area contributed by atoms with Crippen LogP contribution < -0.4 is 10.1 Å². The number of aliphatic imine (C=N–C) groups is 1. The molecule has 0 aliphatic carbocycles. The minimum Gasteiger partial charge on any atom is -0.487 e. The highest BCUT2D eigenvalue weighted by atomic mass is 79.9. The van der Waals surface area contributed by atoms with E-state index in [1.807, 2.05) is 42.5 Å². The van der Waals surface area contributed by atoms with Gasteiger partial charge in [-0.15, -0.1) is 6.58 Å². The standard InChI is InChI=1S/C29H27BrN2O2S/c1-4-7-23-15-22(16-25(30)27(23)34-18-21-9-6-8-19(3)14-21)17-26-28(33)32-29(35-26)31-24-12-10-20(5-2)11-13-24/h4,6,8-17H,1,5,7,18H2,2-3H3,(H,31,32,33)/b26-17-. The maximum Gasteiger partial charge on any atom is 0.264 e. The molecule has 0 atom stereocenters. The zero-order valence-corrected chi connectivity index (χ0v) is 22.2. The Morgan fingerprint density at radius 1 is 1.11 bits per heavy atom. The molecule has 0 spiro atoms. The first-order valence-electron chi connectivity index (χ1n) is 11.5. The van der Waals surface area contributed by atoms with Gasteiger partial charge in [-0.25, -0.2) is 4.99 Å². The van der Waals surface area contributed by atoms with E-state index < -0.39 is 0 Å². The molecule has 1 N–H and O–H groups in total. The number of amides is 1. The fourth-order valence-corrected chi connectivity index (χ4v) is 5.21. The van der Waals surface area contributed by atoms with Crippen molar-refractivity contribution in [3.05, 3.63) is 111 Å². The highest BCUT2D eigenvalue weighted by Crippen LogP contribution is 2.35. The molecule has 3 aromatic rings. The quantitative estimate of drug-likeness (QED) is 0.235. The minimum atomic E-state index is -0.153. The number of ether oxygens (including phenoxy) is 1. The largest absolute Gasteiger partial charge is 0.487 e. The molecule has 0 radical (unpaired) electrons. The molecule has 1 fully saturated rings. The predicted molar refractivity (Wildman–Crippen MR) is 150 cm³/mol. The van der Waals surface area contributed by atoms with Crippen molar-refractivity contribution in [2.45, 2.75) is 33.3 Å². The summed E-state index contributed by atoms with van der Waals surface area (Å²) in [6, 6.07) is 20.3. The SMILES string of the molecule is C=CCc1cc(/C=C2\SC(=Nc3ccc(CC)cc3)NC2=O)cc(Br)c1OCc1cccc(C)c1. The van der Waals surface area contributed by atoms with E-state index in [9.17, 15) is 4.79 Å². The highest BCUT2D eigenvalue weighted by Gasteiger charge is 2.24. The first kappa shape index (κ1) is 25.0. The maximum atomic E-state index is 12.6. The molecule has 0 unspecified atom stereocenters. The van der Waals surface area contributed by atoms with E-state index >= 15 is 0 Å². The van der Waals surface area contributed by atoms with Crippen molar-refractivity contribution >= 4 is 50.5 Å². The molecule has 3 aromatic carbocycles. The van der Waals surface area contributed by atoms with E-state index in [0.29, 0.717) is 23.1 Å². The van der Waals surface area contributed by atoms with Gasteiger partial charge in [-0.3, -0.25) is 4.79 Å². The Bertz CT molecular complexity index is 1310. The van der Waals surface area contributed by atoms with Gasteiger partial charge in [0.2, 0.25) is 0 Å². The van der Waals surface area contributed by atoms with E-state index in [2.05, 4.69) is 77.0 Å². The van der Waals surface area contributed by atoms with Gasteiger partial charge in [0.15, 0.2) is 5.17 Å². The number of rotatable bonds is 8. The normalized spacial score (nSPS) is 15.5. The van der Waals surface area contributed by atoms with Crippen molar-refractivity contribution in [2.75, 3.05) is 0 Å². The van der Waals surface area contributed by atoms with Crippen molar-refractivity contribution in [1.29, 1.82) is 0 Å². The summed E-state index contributed by atoms with van der Waals surface area (Å²) in [5.74, 6) is 0.634. The summed E-state index contributed by atoms with van der Waals surface area (Å²) in [6.07, 6.45) is 5.36. The van der Waals surface area contributed by atoms with Crippen molar-refractivity contribution < 1.29 is 9.53 Å². The number of allylic oxidation sites excluding steroid dienone is 1. The van der Waals surface area contributed by atoms with Crippen LogP contribution in [0.4, 0.5) is 5.69 Å². The Balaban J connectivity index is 1.54. The van der Waals surface area contributed by atoms with E-state index in [4.69, 9.17) is 4.74 Å². The van der Waals surface area contributed by atoms with Crippen LogP contribution in [0.2, 0.25) is 0 Å². The summed E-state index contributed by atoms with van der Waals surface area (Å²) in [5, 5.41) is 3.44. The third-order valence-electron chi connectivity index (χ3n) is 5.50. The van der Waals surface area contributed by atoms with Crippen LogP contribution in [0.3, 0.4) is 0 Å². The van der Waals surface area contributed by atoms with Crippen molar-refractivity contribution in [3.63, 3.8) is 0 Å². The Kier molecular flexibility index (Phi) is 8.26. The number of amidine groups is 1. The third kappa shape index (κ3) is 6.53. The molecular weight excluding hydrogens is 520 g/mol. The Hall–Kier alpha value is -3.09. The fraction of sp³-hybridized carbons (Fsp3) is 0.172. The fourth-order valence-electron chi connectivity index (χ4n) is 3.74. The summed E-state index contributed by atoms with van der Waals surface area (Å²) in [6.45, 7) is 8.55.